The third kappa shape index (κ3) is 8.23. The molecule has 190 valence electrons. The van der Waals surface area contributed by atoms with Crippen molar-refractivity contribution >= 4 is 17.6 Å². The molecule has 0 fully saturated rings. The van der Waals surface area contributed by atoms with E-state index in [9.17, 15) is 14.7 Å². The van der Waals surface area contributed by atoms with E-state index in [0.717, 1.165) is 24.2 Å². The molecular weight excluding hydrogens is 462 g/mol. The van der Waals surface area contributed by atoms with Crippen LogP contribution in [0.2, 0.25) is 0 Å². The third-order valence-corrected chi connectivity index (χ3v) is 5.37. The van der Waals surface area contributed by atoms with Gasteiger partial charge in [-0.2, -0.15) is 0 Å². The molecule has 1 amide bonds. The van der Waals surface area contributed by atoms with Crippen LogP contribution in [-0.4, -0.2) is 43.9 Å². The summed E-state index contributed by atoms with van der Waals surface area (Å²) in [4.78, 5) is 24.3. The Hall–Kier alpha value is -4.20. The normalized spacial score (nSPS) is 11.3. The van der Waals surface area contributed by atoms with Gasteiger partial charge in [0.05, 0.1) is 31.9 Å². The van der Waals surface area contributed by atoms with Crippen LogP contribution in [0.4, 0.5) is 5.69 Å². The molecule has 0 heterocycles. The maximum absolute atomic E-state index is 12.9. The van der Waals surface area contributed by atoms with Crippen molar-refractivity contribution in [3.63, 3.8) is 0 Å². The number of aromatic hydroxyl groups is 1. The van der Waals surface area contributed by atoms with E-state index in [1.807, 2.05) is 54.6 Å². The first-order valence-electron chi connectivity index (χ1n) is 11.7. The fraction of sp³-hybridized carbons (Fsp3) is 0.286. The van der Waals surface area contributed by atoms with Crippen molar-refractivity contribution in [2.24, 2.45) is 0 Å². The molecule has 0 saturated carbocycles. The van der Waals surface area contributed by atoms with Crippen molar-refractivity contribution in [1.82, 2.24) is 0 Å². The van der Waals surface area contributed by atoms with Crippen molar-refractivity contribution in [1.29, 1.82) is 0 Å². The number of rotatable bonds is 13. The quantitative estimate of drug-likeness (QED) is 0.198. The Balaban J connectivity index is 1.50. The van der Waals surface area contributed by atoms with E-state index < -0.39 is 11.9 Å². The van der Waals surface area contributed by atoms with E-state index in [4.69, 9.17) is 14.2 Å². The fourth-order valence-corrected chi connectivity index (χ4v) is 3.30. The van der Waals surface area contributed by atoms with E-state index in [-0.39, 0.29) is 24.0 Å². The summed E-state index contributed by atoms with van der Waals surface area (Å²) in [6.07, 6.45) is 1.70. The number of phenolic OH excluding ortho intramolecular Hbond substituents is 1. The number of hydrogen-bond donors (Lipinski definition) is 2. The summed E-state index contributed by atoms with van der Waals surface area (Å²) >= 11 is 0. The summed E-state index contributed by atoms with van der Waals surface area (Å²) in [5.41, 5.74) is 1.12. The van der Waals surface area contributed by atoms with Gasteiger partial charge in [0.15, 0.2) is 6.61 Å². The number of hydrogen-bond acceptors (Lipinski definition) is 7. The Bertz CT molecular complexity index is 1130. The SMILES string of the molecule is COC(=O)COc1cc(O)ccc1NC(=O)C(C)c1cccc(OCCCCOc2ccccc2)c1. The lowest BCUT2D eigenvalue weighted by Gasteiger charge is -2.16. The number of esters is 1. The zero-order valence-electron chi connectivity index (χ0n) is 20.4. The van der Waals surface area contributed by atoms with Gasteiger partial charge in [-0.25, -0.2) is 4.79 Å². The van der Waals surface area contributed by atoms with Crippen molar-refractivity contribution in [2.75, 3.05) is 32.2 Å². The molecule has 1 unspecified atom stereocenters. The van der Waals surface area contributed by atoms with Crippen LogP contribution in [0.1, 0.15) is 31.2 Å². The number of para-hydroxylation sites is 1. The summed E-state index contributed by atoms with van der Waals surface area (Å²) in [6.45, 7) is 2.59. The van der Waals surface area contributed by atoms with Gasteiger partial charge >= 0.3 is 5.97 Å². The molecule has 0 aromatic heterocycles. The minimum Gasteiger partial charge on any atom is -0.508 e. The van der Waals surface area contributed by atoms with Gasteiger partial charge in [0.2, 0.25) is 5.91 Å². The highest BCUT2D eigenvalue weighted by Crippen LogP contribution is 2.30. The molecule has 0 aliphatic heterocycles. The van der Waals surface area contributed by atoms with Crippen LogP contribution in [0.15, 0.2) is 72.8 Å². The summed E-state index contributed by atoms with van der Waals surface area (Å²) in [6, 6.07) is 21.3. The molecule has 8 heteroatoms. The molecule has 0 saturated heterocycles. The highest BCUT2D eigenvalue weighted by Gasteiger charge is 2.18. The van der Waals surface area contributed by atoms with Gasteiger partial charge in [-0.1, -0.05) is 30.3 Å². The smallest absolute Gasteiger partial charge is 0.343 e. The average molecular weight is 494 g/mol. The van der Waals surface area contributed by atoms with Gasteiger partial charge in [-0.3, -0.25) is 4.79 Å². The number of phenols is 1. The maximum Gasteiger partial charge on any atom is 0.343 e. The molecule has 36 heavy (non-hydrogen) atoms. The lowest BCUT2D eigenvalue weighted by Crippen LogP contribution is -2.20. The van der Waals surface area contributed by atoms with E-state index in [0.29, 0.717) is 24.7 Å². The largest absolute Gasteiger partial charge is 0.508 e. The second kappa shape index (κ2) is 13.6. The van der Waals surface area contributed by atoms with Gasteiger partial charge in [0.1, 0.15) is 23.0 Å². The van der Waals surface area contributed by atoms with E-state index in [1.54, 1.807) is 6.92 Å². The molecule has 0 aliphatic rings. The van der Waals surface area contributed by atoms with Crippen molar-refractivity contribution in [3.8, 4) is 23.0 Å². The number of nitrogens with one attached hydrogen (secondary N) is 1. The number of anilines is 1. The number of ether oxygens (including phenoxy) is 4. The minimum absolute atomic E-state index is 0.0580. The van der Waals surface area contributed by atoms with Crippen molar-refractivity contribution in [3.05, 3.63) is 78.4 Å². The lowest BCUT2D eigenvalue weighted by molar-refractivity contribution is -0.142. The Morgan fingerprint density at radius 2 is 1.56 bits per heavy atom. The summed E-state index contributed by atoms with van der Waals surface area (Å²) < 4.78 is 21.5. The molecule has 0 aliphatic carbocycles. The summed E-state index contributed by atoms with van der Waals surface area (Å²) in [7, 11) is 1.25. The Kier molecular flexibility index (Phi) is 10.00. The Labute approximate surface area is 210 Å². The number of methoxy groups -OCH3 is 1. The predicted octanol–water partition coefficient (Wildman–Crippen LogP) is 4.92. The number of unbranched alkanes of at least 4 members (excludes halogenated alkanes) is 1. The predicted molar refractivity (Wildman–Crippen MR) is 136 cm³/mol. The first-order valence-corrected chi connectivity index (χ1v) is 11.7. The molecule has 3 aromatic rings. The number of amides is 1. The monoisotopic (exact) mass is 493 g/mol. The van der Waals surface area contributed by atoms with Gasteiger partial charge in [0.25, 0.3) is 0 Å². The van der Waals surface area contributed by atoms with Gasteiger partial charge in [0, 0.05) is 6.07 Å². The van der Waals surface area contributed by atoms with E-state index >= 15 is 0 Å². The van der Waals surface area contributed by atoms with Crippen molar-refractivity contribution < 1.29 is 33.6 Å². The van der Waals surface area contributed by atoms with Gasteiger partial charge < -0.3 is 29.4 Å². The molecule has 0 bridgehead atoms. The number of carbonyl (C=O) groups excluding carboxylic acids is 2. The van der Waals surface area contributed by atoms with Gasteiger partial charge in [-0.15, -0.1) is 0 Å². The minimum atomic E-state index is -0.579. The summed E-state index contributed by atoms with van der Waals surface area (Å²) in [5.74, 6) is 0.292. The zero-order valence-corrected chi connectivity index (χ0v) is 20.4. The molecular formula is C28H31NO7. The maximum atomic E-state index is 12.9. The van der Waals surface area contributed by atoms with Crippen LogP contribution in [-0.2, 0) is 14.3 Å². The van der Waals surface area contributed by atoms with Crippen LogP contribution in [0.3, 0.4) is 0 Å². The average Bonchev–Trinajstić information content (AvgIpc) is 2.90. The van der Waals surface area contributed by atoms with Crippen molar-refractivity contribution in [2.45, 2.75) is 25.7 Å². The van der Waals surface area contributed by atoms with E-state index in [2.05, 4.69) is 10.1 Å². The molecule has 8 nitrogen and oxygen atoms in total. The highest BCUT2D eigenvalue weighted by atomic mass is 16.6. The fourth-order valence-electron chi connectivity index (χ4n) is 3.30. The lowest BCUT2D eigenvalue weighted by atomic mass is 10.00. The molecule has 0 radical (unpaired) electrons. The zero-order chi connectivity index (χ0) is 25.8. The first-order chi connectivity index (χ1) is 17.5. The van der Waals surface area contributed by atoms with Crippen LogP contribution >= 0.6 is 0 Å². The second-order valence-corrected chi connectivity index (χ2v) is 8.05. The molecule has 2 N–H and O–H groups in total. The van der Waals surface area contributed by atoms with Gasteiger partial charge in [-0.05, 0) is 61.7 Å². The Morgan fingerprint density at radius 1 is 0.861 bits per heavy atom. The second-order valence-electron chi connectivity index (χ2n) is 8.05. The Morgan fingerprint density at radius 3 is 2.28 bits per heavy atom. The molecule has 0 spiro atoms. The first kappa shape index (κ1) is 26.4. The van der Waals surface area contributed by atoms with E-state index in [1.165, 1.54) is 25.3 Å². The third-order valence-electron chi connectivity index (χ3n) is 5.37. The van der Waals surface area contributed by atoms with Crippen LogP contribution in [0.5, 0.6) is 23.0 Å². The van der Waals surface area contributed by atoms with Crippen LogP contribution in [0.25, 0.3) is 0 Å². The van der Waals surface area contributed by atoms with Crippen LogP contribution in [0, 0.1) is 0 Å². The topological polar surface area (TPSA) is 103 Å². The molecule has 3 aromatic carbocycles. The standard InChI is InChI=1S/C28H31NO7/c1-20(28(32)29-25-14-13-22(30)18-26(25)36-19-27(31)33-2)21-9-8-12-24(17-21)35-16-7-6-15-34-23-10-4-3-5-11-23/h3-5,8-14,17-18,20,30H,6-7,15-16,19H2,1-2H3,(H,29,32). The number of benzene rings is 3. The summed E-state index contributed by atoms with van der Waals surface area (Å²) in [5, 5.41) is 12.5. The van der Waals surface area contributed by atoms with Crippen LogP contribution < -0.4 is 19.5 Å². The highest BCUT2D eigenvalue weighted by molar-refractivity contribution is 5.97. The molecule has 3 rings (SSSR count). The molecule has 1 atom stereocenters. The number of carbonyl (C=O) groups is 2.